The highest BCUT2D eigenvalue weighted by atomic mass is 32.2. The molecule has 1 N–H and O–H groups in total. The van der Waals surface area contributed by atoms with E-state index in [4.69, 9.17) is 13.9 Å². The summed E-state index contributed by atoms with van der Waals surface area (Å²) in [5.41, 5.74) is 3.82. The van der Waals surface area contributed by atoms with Gasteiger partial charge in [0.2, 0.25) is 18.6 Å². The van der Waals surface area contributed by atoms with Crippen LogP contribution in [0.15, 0.2) is 70.3 Å². The van der Waals surface area contributed by atoms with E-state index in [1.165, 1.54) is 22.7 Å². The molecule has 0 spiro atoms. The Hall–Kier alpha value is -3.98. The number of aromatic nitrogens is 3. The number of thioether (sulfide) groups is 1. The largest absolute Gasteiger partial charge is 0.454 e. The van der Waals surface area contributed by atoms with Gasteiger partial charge in [0.25, 0.3) is 5.22 Å². The van der Waals surface area contributed by atoms with Gasteiger partial charge in [-0.15, -0.1) is 10.2 Å². The molecule has 2 aromatic heterocycles. The topological polar surface area (TPSA) is 91.4 Å². The molecule has 1 amide bonds. The van der Waals surface area contributed by atoms with Crippen molar-refractivity contribution in [3.63, 3.8) is 0 Å². The minimum Gasteiger partial charge on any atom is -0.454 e. The number of hydrogen-bond donors (Lipinski definition) is 1. The molecule has 170 valence electrons. The Morgan fingerprint density at radius 3 is 2.76 bits per heavy atom. The number of aryl methyl sites for hydroxylation is 1. The highest BCUT2D eigenvalue weighted by molar-refractivity contribution is 7.99. The first-order chi connectivity index (χ1) is 16.7. The molecule has 3 aromatic carbocycles. The molecule has 0 fully saturated rings. The van der Waals surface area contributed by atoms with Gasteiger partial charge >= 0.3 is 0 Å². The number of nitrogens with one attached hydrogen (secondary N) is 1. The molecule has 9 heteroatoms. The fourth-order valence-corrected chi connectivity index (χ4v) is 4.77. The number of anilines is 1. The molecule has 0 saturated heterocycles. The van der Waals surface area contributed by atoms with E-state index < -0.39 is 0 Å². The average molecular weight is 473 g/mol. The van der Waals surface area contributed by atoms with Gasteiger partial charge in [-0.25, -0.2) is 0 Å². The van der Waals surface area contributed by atoms with Crippen LogP contribution in [0.25, 0.3) is 33.3 Å². The van der Waals surface area contributed by atoms with Crippen LogP contribution in [0.4, 0.5) is 5.69 Å². The smallest absolute Gasteiger partial charge is 0.277 e. The average Bonchev–Trinajstić information content (AvgIpc) is 3.59. The van der Waals surface area contributed by atoms with Crippen molar-refractivity contribution in [1.82, 2.24) is 14.8 Å². The van der Waals surface area contributed by atoms with Crippen molar-refractivity contribution in [2.45, 2.75) is 18.7 Å². The lowest BCUT2D eigenvalue weighted by atomic mass is 10.1. The van der Waals surface area contributed by atoms with E-state index in [1.54, 1.807) is 12.1 Å². The van der Waals surface area contributed by atoms with Crippen molar-refractivity contribution in [3.8, 4) is 23.0 Å². The Balaban J connectivity index is 1.14. The predicted molar refractivity (Wildman–Crippen MR) is 130 cm³/mol. The number of carbonyl (C=O) groups is 1. The van der Waals surface area contributed by atoms with Crippen LogP contribution < -0.4 is 14.8 Å². The van der Waals surface area contributed by atoms with Crippen LogP contribution in [0.2, 0.25) is 0 Å². The monoisotopic (exact) mass is 472 g/mol. The third kappa shape index (κ3) is 3.63. The first kappa shape index (κ1) is 20.6. The third-order valence-corrected chi connectivity index (χ3v) is 6.54. The van der Waals surface area contributed by atoms with E-state index in [1.807, 2.05) is 30.3 Å². The van der Waals surface area contributed by atoms with Crippen molar-refractivity contribution >= 4 is 45.2 Å². The second-order valence-corrected chi connectivity index (χ2v) is 8.70. The maximum atomic E-state index is 12.6. The van der Waals surface area contributed by atoms with Crippen LogP contribution in [-0.4, -0.2) is 33.2 Å². The van der Waals surface area contributed by atoms with Gasteiger partial charge < -0.3 is 23.8 Å². The molecule has 34 heavy (non-hydrogen) atoms. The summed E-state index contributed by atoms with van der Waals surface area (Å²) in [4.78, 5) is 12.6. The van der Waals surface area contributed by atoms with Gasteiger partial charge in [-0.1, -0.05) is 30.0 Å². The van der Waals surface area contributed by atoms with Crippen LogP contribution in [0, 0.1) is 0 Å². The lowest BCUT2D eigenvalue weighted by Crippen LogP contribution is -2.13. The van der Waals surface area contributed by atoms with Gasteiger partial charge in [0.05, 0.1) is 5.75 Å². The lowest BCUT2D eigenvalue weighted by molar-refractivity contribution is -0.113. The van der Waals surface area contributed by atoms with Crippen LogP contribution in [0.1, 0.15) is 6.92 Å². The Labute approximate surface area is 198 Å². The second-order valence-electron chi connectivity index (χ2n) is 7.77. The molecule has 0 unspecified atom stereocenters. The quantitative estimate of drug-likeness (QED) is 0.334. The number of para-hydroxylation sites is 1. The summed E-state index contributed by atoms with van der Waals surface area (Å²) in [6.07, 6.45) is 0. The van der Waals surface area contributed by atoms with Crippen LogP contribution >= 0.6 is 11.8 Å². The van der Waals surface area contributed by atoms with Gasteiger partial charge in [-0.3, -0.25) is 4.79 Å². The fraction of sp³-hybridized carbons (Fsp3) is 0.160. The fourth-order valence-electron chi connectivity index (χ4n) is 4.21. The summed E-state index contributed by atoms with van der Waals surface area (Å²) in [5, 5.41) is 13.7. The minimum atomic E-state index is -0.147. The molecule has 3 heterocycles. The molecule has 0 aliphatic carbocycles. The number of amides is 1. The molecule has 6 rings (SSSR count). The third-order valence-electron chi connectivity index (χ3n) is 5.73. The Bertz CT molecular complexity index is 1540. The molecule has 5 aromatic rings. The lowest BCUT2D eigenvalue weighted by Gasteiger charge is -2.06. The predicted octanol–water partition coefficient (Wildman–Crippen LogP) is 5.32. The number of ether oxygens (including phenoxy) is 2. The number of rotatable bonds is 6. The summed E-state index contributed by atoms with van der Waals surface area (Å²) in [7, 11) is 0. The molecule has 0 atom stereocenters. The number of nitrogens with zero attached hydrogens (tertiary/aromatic N) is 3. The molecular weight excluding hydrogens is 452 g/mol. The minimum absolute atomic E-state index is 0.147. The van der Waals surface area contributed by atoms with E-state index >= 15 is 0 Å². The molecule has 0 saturated carbocycles. The van der Waals surface area contributed by atoms with Crippen molar-refractivity contribution < 1.29 is 18.7 Å². The van der Waals surface area contributed by atoms with Gasteiger partial charge in [0, 0.05) is 39.6 Å². The van der Waals surface area contributed by atoms with E-state index in [-0.39, 0.29) is 18.5 Å². The van der Waals surface area contributed by atoms with Gasteiger partial charge in [0.15, 0.2) is 11.5 Å². The summed E-state index contributed by atoms with van der Waals surface area (Å²) >= 11 is 1.19. The molecular formula is C25H20N4O4S. The van der Waals surface area contributed by atoms with E-state index in [0.717, 1.165) is 28.7 Å². The molecule has 1 aliphatic heterocycles. The normalized spacial score (nSPS) is 12.5. The van der Waals surface area contributed by atoms with Gasteiger partial charge in [-0.05, 0) is 49.4 Å². The van der Waals surface area contributed by atoms with Crippen molar-refractivity contribution in [2.75, 3.05) is 17.9 Å². The van der Waals surface area contributed by atoms with Crippen molar-refractivity contribution in [1.29, 1.82) is 0 Å². The maximum absolute atomic E-state index is 12.6. The second kappa shape index (κ2) is 8.42. The zero-order chi connectivity index (χ0) is 23.1. The van der Waals surface area contributed by atoms with E-state index in [0.29, 0.717) is 22.6 Å². The Morgan fingerprint density at radius 2 is 1.85 bits per heavy atom. The number of benzene rings is 3. The Morgan fingerprint density at radius 1 is 1.00 bits per heavy atom. The van der Waals surface area contributed by atoms with Crippen LogP contribution in [0.3, 0.4) is 0 Å². The number of fused-ring (bicyclic) bond motifs is 4. The first-order valence-corrected chi connectivity index (χ1v) is 11.9. The zero-order valence-corrected chi connectivity index (χ0v) is 19.1. The molecule has 8 nitrogen and oxygen atoms in total. The van der Waals surface area contributed by atoms with Crippen molar-refractivity contribution in [2.24, 2.45) is 0 Å². The highest BCUT2D eigenvalue weighted by Crippen LogP contribution is 2.36. The Kier molecular flexibility index (Phi) is 5.10. The van der Waals surface area contributed by atoms with Crippen LogP contribution in [-0.2, 0) is 11.3 Å². The number of carbonyl (C=O) groups excluding carboxylic acids is 1. The molecule has 0 radical (unpaired) electrons. The highest BCUT2D eigenvalue weighted by Gasteiger charge is 2.17. The standard InChI is InChI=1S/C25H20N4O4S/c1-2-29-19-6-4-3-5-17(19)18-12-16(8-9-20(18)29)26-23(30)13-34-25-28-27-24(33-25)15-7-10-21-22(11-15)32-14-31-21/h3-12H,2,13-14H2,1H3,(H,26,30). The SMILES string of the molecule is CCn1c2ccccc2c2cc(NC(=O)CSc3nnc(-c4ccc5c(c4)OCO5)o3)ccc21. The summed E-state index contributed by atoms with van der Waals surface area (Å²) in [6, 6.07) is 19.7. The first-order valence-electron chi connectivity index (χ1n) is 10.9. The summed E-state index contributed by atoms with van der Waals surface area (Å²) < 4.78 is 18.7. The summed E-state index contributed by atoms with van der Waals surface area (Å²) in [5.74, 6) is 1.69. The van der Waals surface area contributed by atoms with Crippen molar-refractivity contribution in [3.05, 3.63) is 60.7 Å². The zero-order valence-electron chi connectivity index (χ0n) is 18.3. The van der Waals surface area contributed by atoms with Gasteiger partial charge in [0.1, 0.15) is 0 Å². The van der Waals surface area contributed by atoms with Crippen LogP contribution in [0.5, 0.6) is 11.5 Å². The van der Waals surface area contributed by atoms with E-state index in [2.05, 4.69) is 45.2 Å². The summed E-state index contributed by atoms with van der Waals surface area (Å²) in [6.45, 7) is 3.21. The molecule has 0 bridgehead atoms. The number of hydrogen-bond acceptors (Lipinski definition) is 7. The maximum Gasteiger partial charge on any atom is 0.277 e. The van der Waals surface area contributed by atoms with E-state index in [9.17, 15) is 4.79 Å². The molecule has 1 aliphatic rings. The van der Waals surface area contributed by atoms with Gasteiger partial charge in [-0.2, -0.15) is 0 Å².